The highest BCUT2D eigenvalue weighted by Gasteiger charge is 2.39. The van der Waals surface area contributed by atoms with Gasteiger partial charge in [-0.05, 0) is 57.1 Å². The SMILES string of the molecule is COC1(C(=O)Nc2cccc(NC(=O)C(C)n3cccn3)c2)CCNCC1. The van der Waals surface area contributed by atoms with Gasteiger partial charge in [0.2, 0.25) is 5.91 Å². The third-order valence-corrected chi connectivity index (χ3v) is 4.90. The molecular formula is C19H25N5O3. The summed E-state index contributed by atoms with van der Waals surface area (Å²) in [6, 6.07) is 8.41. The number of anilines is 2. The molecule has 0 spiro atoms. The molecule has 0 bridgehead atoms. The average molecular weight is 371 g/mol. The summed E-state index contributed by atoms with van der Waals surface area (Å²) in [5, 5.41) is 13.1. The standard InChI is InChI=1S/C19H25N5O3/c1-14(24-12-4-9-21-24)17(25)22-15-5-3-6-16(13-15)23-18(26)19(27-2)7-10-20-11-8-19/h3-6,9,12-14,20H,7-8,10-11H2,1-2H3,(H,22,25)(H,23,26). The predicted molar refractivity (Wildman–Crippen MR) is 102 cm³/mol. The van der Waals surface area contributed by atoms with Crippen molar-refractivity contribution in [1.82, 2.24) is 15.1 Å². The van der Waals surface area contributed by atoms with Crippen LogP contribution in [0.5, 0.6) is 0 Å². The van der Waals surface area contributed by atoms with Gasteiger partial charge in [0, 0.05) is 30.9 Å². The molecule has 2 amide bonds. The molecule has 1 atom stereocenters. The molecule has 1 unspecified atom stereocenters. The number of nitrogens with zero attached hydrogens (tertiary/aromatic N) is 2. The zero-order valence-corrected chi connectivity index (χ0v) is 15.6. The molecule has 0 radical (unpaired) electrons. The van der Waals surface area contributed by atoms with E-state index >= 15 is 0 Å². The van der Waals surface area contributed by atoms with Gasteiger partial charge in [0.15, 0.2) is 0 Å². The first-order valence-electron chi connectivity index (χ1n) is 9.01. The lowest BCUT2D eigenvalue weighted by atomic mass is 9.91. The summed E-state index contributed by atoms with van der Waals surface area (Å²) < 4.78 is 7.13. The Balaban J connectivity index is 1.66. The number of hydrogen-bond acceptors (Lipinski definition) is 5. The van der Waals surface area contributed by atoms with Gasteiger partial charge in [-0.1, -0.05) is 6.07 Å². The minimum absolute atomic E-state index is 0.167. The van der Waals surface area contributed by atoms with E-state index < -0.39 is 11.6 Å². The van der Waals surface area contributed by atoms with Crippen LogP contribution in [0.1, 0.15) is 25.8 Å². The molecule has 1 saturated heterocycles. The number of nitrogens with one attached hydrogen (secondary N) is 3. The van der Waals surface area contributed by atoms with E-state index in [0.717, 1.165) is 13.1 Å². The molecule has 0 saturated carbocycles. The Hall–Kier alpha value is -2.71. The molecule has 0 aliphatic carbocycles. The van der Waals surface area contributed by atoms with Crippen LogP contribution in [0.2, 0.25) is 0 Å². The van der Waals surface area contributed by atoms with Gasteiger partial charge < -0.3 is 20.7 Å². The van der Waals surface area contributed by atoms with Crippen LogP contribution in [0.3, 0.4) is 0 Å². The zero-order chi connectivity index (χ0) is 19.3. The van der Waals surface area contributed by atoms with Gasteiger partial charge in [0.05, 0.1) is 0 Å². The fourth-order valence-electron chi connectivity index (χ4n) is 3.15. The molecule has 2 aromatic rings. The molecule has 1 fully saturated rings. The van der Waals surface area contributed by atoms with Crippen molar-refractivity contribution in [3.05, 3.63) is 42.7 Å². The van der Waals surface area contributed by atoms with Crippen LogP contribution in [-0.4, -0.2) is 47.4 Å². The van der Waals surface area contributed by atoms with Crippen molar-refractivity contribution in [2.24, 2.45) is 0 Å². The summed E-state index contributed by atoms with van der Waals surface area (Å²) in [6.45, 7) is 3.25. The zero-order valence-electron chi connectivity index (χ0n) is 15.6. The highest BCUT2D eigenvalue weighted by molar-refractivity contribution is 5.99. The van der Waals surface area contributed by atoms with Gasteiger partial charge in [-0.15, -0.1) is 0 Å². The van der Waals surface area contributed by atoms with E-state index in [-0.39, 0.29) is 11.8 Å². The van der Waals surface area contributed by atoms with Gasteiger partial charge >= 0.3 is 0 Å². The predicted octanol–water partition coefficient (Wildman–Crippen LogP) is 1.79. The molecule has 144 valence electrons. The number of ether oxygens (including phenoxy) is 1. The lowest BCUT2D eigenvalue weighted by molar-refractivity contribution is -0.140. The van der Waals surface area contributed by atoms with Crippen LogP contribution in [0.25, 0.3) is 0 Å². The number of aromatic nitrogens is 2. The highest BCUT2D eigenvalue weighted by atomic mass is 16.5. The number of benzene rings is 1. The number of carbonyl (C=O) groups excluding carboxylic acids is 2. The Morgan fingerprint density at radius 1 is 1.22 bits per heavy atom. The smallest absolute Gasteiger partial charge is 0.256 e. The van der Waals surface area contributed by atoms with Crippen LogP contribution in [-0.2, 0) is 14.3 Å². The summed E-state index contributed by atoms with van der Waals surface area (Å²) in [6.07, 6.45) is 4.61. The second-order valence-corrected chi connectivity index (χ2v) is 6.63. The van der Waals surface area contributed by atoms with Crippen molar-refractivity contribution in [3.63, 3.8) is 0 Å². The van der Waals surface area contributed by atoms with Crippen LogP contribution in [0.15, 0.2) is 42.7 Å². The summed E-state index contributed by atoms with van der Waals surface area (Å²) in [7, 11) is 1.57. The third kappa shape index (κ3) is 4.35. The molecule has 1 aromatic carbocycles. The van der Waals surface area contributed by atoms with Gasteiger partial charge in [0.25, 0.3) is 5.91 Å². The second-order valence-electron chi connectivity index (χ2n) is 6.63. The molecule has 3 N–H and O–H groups in total. The molecule has 1 aliphatic heterocycles. The molecule has 1 aromatic heterocycles. The van der Waals surface area contributed by atoms with E-state index in [4.69, 9.17) is 4.74 Å². The first-order chi connectivity index (χ1) is 13.0. The van der Waals surface area contributed by atoms with Crippen molar-refractivity contribution in [3.8, 4) is 0 Å². The Labute approximate surface area is 158 Å². The first kappa shape index (κ1) is 19.1. The Morgan fingerprint density at radius 3 is 2.56 bits per heavy atom. The topological polar surface area (TPSA) is 97.3 Å². The van der Waals surface area contributed by atoms with Crippen LogP contribution >= 0.6 is 0 Å². The van der Waals surface area contributed by atoms with Gasteiger partial charge in [-0.25, -0.2) is 0 Å². The summed E-state index contributed by atoms with van der Waals surface area (Å²) in [5.41, 5.74) is 0.395. The fraction of sp³-hybridized carbons (Fsp3) is 0.421. The van der Waals surface area contributed by atoms with E-state index in [0.29, 0.717) is 24.2 Å². The molecule has 27 heavy (non-hydrogen) atoms. The minimum atomic E-state index is -0.820. The normalized spacial score (nSPS) is 17.1. The van der Waals surface area contributed by atoms with Crippen LogP contribution in [0.4, 0.5) is 11.4 Å². The number of amides is 2. The van der Waals surface area contributed by atoms with Crippen molar-refractivity contribution >= 4 is 23.2 Å². The summed E-state index contributed by atoms with van der Waals surface area (Å²) in [5.74, 6) is -0.353. The largest absolute Gasteiger partial charge is 0.368 e. The Morgan fingerprint density at radius 2 is 1.93 bits per heavy atom. The first-order valence-corrected chi connectivity index (χ1v) is 9.01. The van der Waals surface area contributed by atoms with E-state index in [1.54, 1.807) is 61.4 Å². The maximum atomic E-state index is 12.8. The maximum Gasteiger partial charge on any atom is 0.256 e. The Kier molecular flexibility index (Phi) is 5.88. The maximum absolute atomic E-state index is 12.8. The van der Waals surface area contributed by atoms with Crippen molar-refractivity contribution in [2.75, 3.05) is 30.8 Å². The fourth-order valence-corrected chi connectivity index (χ4v) is 3.15. The molecule has 2 heterocycles. The van der Waals surface area contributed by atoms with Gasteiger partial charge in [-0.3, -0.25) is 14.3 Å². The number of carbonyl (C=O) groups is 2. The van der Waals surface area contributed by atoms with Crippen molar-refractivity contribution in [1.29, 1.82) is 0 Å². The third-order valence-electron chi connectivity index (χ3n) is 4.90. The van der Waals surface area contributed by atoms with Gasteiger partial charge in [0.1, 0.15) is 11.6 Å². The van der Waals surface area contributed by atoms with E-state index in [2.05, 4.69) is 21.0 Å². The van der Waals surface area contributed by atoms with E-state index in [9.17, 15) is 9.59 Å². The lowest BCUT2D eigenvalue weighted by Gasteiger charge is -2.34. The number of rotatable bonds is 6. The number of methoxy groups -OCH3 is 1. The molecule has 8 heteroatoms. The highest BCUT2D eigenvalue weighted by Crippen LogP contribution is 2.25. The summed E-state index contributed by atoms with van der Waals surface area (Å²) in [4.78, 5) is 25.2. The van der Waals surface area contributed by atoms with Gasteiger partial charge in [-0.2, -0.15) is 5.10 Å². The van der Waals surface area contributed by atoms with Crippen molar-refractivity contribution in [2.45, 2.75) is 31.4 Å². The minimum Gasteiger partial charge on any atom is -0.368 e. The second kappa shape index (κ2) is 8.32. The Bertz CT molecular complexity index is 784. The van der Waals surface area contributed by atoms with Crippen LogP contribution in [0, 0.1) is 0 Å². The number of hydrogen-bond donors (Lipinski definition) is 3. The van der Waals surface area contributed by atoms with Crippen molar-refractivity contribution < 1.29 is 14.3 Å². The molecule has 8 nitrogen and oxygen atoms in total. The van der Waals surface area contributed by atoms with E-state index in [1.165, 1.54) is 0 Å². The molecular weight excluding hydrogens is 346 g/mol. The number of piperidine rings is 1. The quantitative estimate of drug-likeness (QED) is 0.719. The van der Waals surface area contributed by atoms with Crippen LogP contribution < -0.4 is 16.0 Å². The lowest BCUT2D eigenvalue weighted by Crippen LogP contribution is -2.51. The molecule has 1 aliphatic rings. The average Bonchev–Trinajstić information content (AvgIpc) is 3.23. The molecule has 3 rings (SSSR count). The monoisotopic (exact) mass is 371 g/mol. The van der Waals surface area contributed by atoms with E-state index in [1.807, 2.05) is 0 Å². The summed E-state index contributed by atoms with van der Waals surface area (Å²) >= 11 is 0.